The van der Waals surface area contributed by atoms with E-state index in [-0.39, 0.29) is 0 Å². The molecule has 0 spiro atoms. The summed E-state index contributed by atoms with van der Waals surface area (Å²) in [6.45, 7) is 1.93. The second-order valence-corrected chi connectivity index (χ2v) is 10.8. The van der Waals surface area contributed by atoms with Crippen LogP contribution < -0.4 is 21.3 Å². The first-order valence-electron chi connectivity index (χ1n) is 9.72. The maximum atomic E-state index is 9.75. The van der Waals surface area contributed by atoms with Gasteiger partial charge in [-0.2, -0.15) is 4.98 Å². The molecule has 0 aliphatic rings. The average Bonchev–Trinajstić information content (AvgIpc) is 3.16. The number of hydrogen-bond donors (Lipinski definition) is 0. The minimum atomic E-state index is -6.00. The molecule has 0 bridgehead atoms. The van der Waals surface area contributed by atoms with Crippen molar-refractivity contribution in [3.8, 4) is 0 Å². The van der Waals surface area contributed by atoms with E-state index >= 15 is 0 Å². The predicted molar refractivity (Wildman–Crippen MR) is 128 cm³/mol. The van der Waals surface area contributed by atoms with Gasteiger partial charge in [-0.1, -0.05) is 66.4 Å². The SMILES string of the molecule is CSc1oc(C)nc1[P+](c1ccccc1)(c1ccccc1)c1ccccc1.F[B-](F)(F)F. The van der Waals surface area contributed by atoms with Gasteiger partial charge in [-0.25, -0.2) is 0 Å². The van der Waals surface area contributed by atoms with Gasteiger partial charge in [0.25, 0.3) is 5.44 Å². The van der Waals surface area contributed by atoms with Crippen LogP contribution in [0, 0.1) is 6.92 Å². The van der Waals surface area contributed by atoms with Crippen LogP contribution in [0.3, 0.4) is 0 Å². The number of oxazole rings is 1. The normalized spacial score (nSPS) is 11.6. The van der Waals surface area contributed by atoms with Crippen LogP contribution in [-0.2, 0) is 0 Å². The van der Waals surface area contributed by atoms with Crippen molar-refractivity contribution >= 4 is 47.6 Å². The molecule has 0 fully saturated rings. The number of aromatic nitrogens is 1. The molecule has 1 heterocycles. The molecule has 0 atom stereocenters. The highest BCUT2D eigenvalue weighted by atomic mass is 32.2. The summed E-state index contributed by atoms with van der Waals surface area (Å²) in [5.41, 5.74) is 1.05. The van der Waals surface area contributed by atoms with Crippen LogP contribution in [0.5, 0.6) is 0 Å². The molecule has 1 aromatic heterocycles. The van der Waals surface area contributed by atoms with Gasteiger partial charge in [0.2, 0.25) is 5.09 Å². The summed E-state index contributed by atoms with van der Waals surface area (Å²) in [5.74, 6) is 0.710. The number of benzene rings is 3. The van der Waals surface area contributed by atoms with E-state index in [4.69, 9.17) is 9.40 Å². The lowest BCUT2D eigenvalue weighted by Gasteiger charge is -2.25. The molecule has 0 saturated heterocycles. The van der Waals surface area contributed by atoms with E-state index in [0.717, 1.165) is 10.5 Å². The molecule has 0 saturated carbocycles. The van der Waals surface area contributed by atoms with Crippen molar-refractivity contribution in [2.24, 2.45) is 0 Å². The summed E-state index contributed by atoms with van der Waals surface area (Å²) in [7, 11) is -8.16. The zero-order valence-corrected chi connectivity index (χ0v) is 19.2. The van der Waals surface area contributed by atoms with E-state index in [0.29, 0.717) is 5.89 Å². The predicted octanol–water partition coefficient (Wildman–Crippen LogP) is 5.62. The molecule has 0 amide bonds. The van der Waals surface area contributed by atoms with Crippen LogP contribution in [0.2, 0.25) is 0 Å². The highest BCUT2D eigenvalue weighted by Gasteiger charge is 2.52. The minimum absolute atomic E-state index is 0.710. The largest absolute Gasteiger partial charge is 0.673 e. The Hall–Kier alpha value is -2.57. The van der Waals surface area contributed by atoms with Crippen LogP contribution in [0.1, 0.15) is 5.89 Å². The van der Waals surface area contributed by atoms with Gasteiger partial charge in [-0.15, -0.1) is 0 Å². The van der Waals surface area contributed by atoms with E-state index in [1.165, 1.54) is 15.9 Å². The lowest BCUT2D eigenvalue weighted by atomic mass is 10.3. The standard InChI is InChI=1S/C23H21NOPS.BF4/c1-18-24-22(23(25-18)27-2)26(19-12-6-3-7-13-19,20-14-8-4-9-15-20)21-16-10-5-11-17-21;2-1(3,4)5/h3-17H,1-2H3;/q+1;-1. The molecule has 2 nitrogen and oxygen atoms in total. The van der Waals surface area contributed by atoms with Gasteiger partial charge >= 0.3 is 7.25 Å². The van der Waals surface area contributed by atoms with Crippen molar-refractivity contribution in [2.75, 3.05) is 6.26 Å². The third-order valence-electron chi connectivity index (χ3n) is 4.62. The molecule has 0 aliphatic heterocycles. The molecule has 0 N–H and O–H groups in total. The van der Waals surface area contributed by atoms with Gasteiger partial charge in [0, 0.05) is 6.92 Å². The van der Waals surface area contributed by atoms with Crippen LogP contribution >= 0.6 is 19.0 Å². The zero-order valence-electron chi connectivity index (χ0n) is 17.5. The summed E-state index contributed by atoms with van der Waals surface area (Å²) in [6, 6.07) is 32.2. The highest BCUT2D eigenvalue weighted by Crippen LogP contribution is 2.55. The fourth-order valence-corrected chi connectivity index (χ4v) is 8.72. The molecule has 166 valence electrons. The first-order valence-corrected chi connectivity index (χ1v) is 12.7. The molecule has 0 unspecified atom stereocenters. The maximum Gasteiger partial charge on any atom is 0.673 e. The number of hydrogen-bond acceptors (Lipinski definition) is 3. The van der Waals surface area contributed by atoms with Gasteiger partial charge in [-0.05, 0) is 42.7 Å². The molecule has 9 heteroatoms. The summed E-state index contributed by atoms with van der Waals surface area (Å²) in [4.78, 5) is 4.95. The Bertz CT molecular complexity index is 1020. The fourth-order valence-electron chi connectivity index (χ4n) is 3.51. The molecular weight excluding hydrogens is 456 g/mol. The first kappa shape index (κ1) is 24.1. The van der Waals surface area contributed by atoms with E-state index < -0.39 is 14.5 Å². The molecule has 4 aromatic rings. The van der Waals surface area contributed by atoms with Gasteiger partial charge in [0.1, 0.15) is 15.9 Å². The number of halogens is 4. The number of nitrogens with zero attached hydrogens (tertiary/aromatic N) is 1. The Morgan fingerprint density at radius 2 is 1.06 bits per heavy atom. The van der Waals surface area contributed by atoms with E-state index in [1.807, 2.05) is 6.92 Å². The summed E-state index contributed by atoms with van der Waals surface area (Å²) in [6.07, 6.45) is 2.05. The summed E-state index contributed by atoms with van der Waals surface area (Å²) >= 11 is 1.63. The lowest BCUT2D eigenvalue weighted by molar-refractivity contribution is 0.368. The van der Waals surface area contributed by atoms with Crippen molar-refractivity contribution in [3.63, 3.8) is 0 Å². The maximum absolute atomic E-state index is 9.75. The number of thioether (sulfide) groups is 1. The number of rotatable bonds is 5. The Morgan fingerprint density at radius 3 is 1.38 bits per heavy atom. The quantitative estimate of drug-likeness (QED) is 0.162. The Labute approximate surface area is 189 Å². The van der Waals surface area contributed by atoms with E-state index in [9.17, 15) is 17.3 Å². The van der Waals surface area contributed by atoms with Crippen LogP contribution in [0.25, 0.3) is 0 Å². The third kappa shape index (κ3) is 5.43. The van der Waals surface area contributed by atoms with E-state index in [2.05, 4.69) is 97.3 Å². The van der Waals surface area contributed by atoms with Gasteiger partial charge in [0.15, 0.2) is 13.2 Å². The van der Waals surface area contributed by atoms with Gasteiger partial charge < -0.3 is 21.7 Å². The summed E-state index contributed by atoms with van der Waals surface area (Å²) < 4.78 is 45.0. The molecule has 0 radical (unpaired) electrons. The van der Waals surface area contributed by atoms with Crippen molar-refractivity contribution < 1.29 is 21.7 Å². The molecule has 4 rings (SSSR count). The lowest BCUT2D eigenvalue weighted by Crippen LogP contribution is -2.40. The van der Waals surface area contributed by atoms with Crippen molar-refractivity contribution in [2.45, 2.75) is 12.0 Å². The average molecular weight is 477 g/mol. The highest BCUT2D eigenvalue weighted by molar-refractivity contribution is 8.04. The minimum Gasteiger partial charge on any atom is -0.430 e. The van der Waals surface area contributed by atoms with Crippen molar-refractivity contribution in [3.05, 3.63) is 96.9 Å². The van der Waals surface area contributed by atoms with E-state index in [1.54, 1.807) is 11.8 Å². The topological polar surface area (TPSA) is 26.0 Å². The second kappa shape index (κ2) is 10.4. The first-order chi connectivity index (χ1) is 15.3. The van der Waals surface area contributed by atoms with Crippen molar-refractivity contribution in [1.82, 2.24) is 4.98 Å². The van der Waals surface area contributed by atoms with Gasteiger partial charge in [-0.3, -0.25) is 0 Å². The van der Waals surface area contributed by atoms with Crippen molar-refractivity contribution in [1.29, 1.82) is 0 Å². The Kier molecular flexibility index (Phi) is 7.80. The number of aryl methyl sites for hydroxylation is 1. The molecule has 3 aromatic carbocycles. The zero-order chi connectivity index (χ0) is 23.2. The Balaban J connectivity index is 0.000000523. The fraction of sp³-hybridized carbons (Fsp3) is 0.0870. The van der Waals surface area contributed by atoms with Crippen LogP contribution in [-0.4, -0.2) is 18.5 Å². The Morgan fingerprint density at radius 1 is 0.719 bits per heavy atom. The molecular formula is C23H21BF4NOPS. The monoisotopic (exact) mass is 477 g/mol. The smallest absolute Gasteiger partial charge is 0.430 e. The van der Waals surface area contributed by atoms with Crippen LogP contribution in [0.4, 0.5) is 17.3 Å². The third-order valence-corrected chi connectivity index (χ3v) is 9.58. The second-order valence-electron chi connectivity index (χ2n) is 6.72. The molecule has 0 aliphatic carbocycles. The molecule has 32 heavy (non-hydrogen) atoms. The van der Waals surface area contributed by atoms with Crippen LogP contribution in [0.15, 0.2) is 101 Å². The van der Waals surface area contributed by atoms with Gasteiger partial charge in [0.05, 0.1) is 0 Å². The summed E-state index contributed by atoms with van der Waals surface area (Å²) in [5, 5.41) is 4.75.